The molecule has 2 N–H and O–H groups in total. The van der Waals surface area contributed by atoms with Crippen LogP contribution in [0.25, 0.3) is 0 Å². The number of hydrogen-bond acceptors (Lipinski definition) is 5. The van der Waals surface area contributed by atoms with Gasteiger partial charge in [-0.2, -0.15) is 10.5 Å². The van der Waals surface area contributed by atoms with Crippen molar-refractivity contribution in [2.75, 3.05) is 7.11 Å². The Kier molecular flexibility index (Phi) is 4.33. The topological polar surface area (TPSA) is 92.1 Å². The fourth-order valence-electron chi connectivity index (χ4n) is 2.56. The van der Waals surface area contributed by atoms with Crippen molar-refractivity contribution in [3.05, 3.63) is 52.6 Å². The number of nitriles is 2. The number of rotatable bonds is 2. The Morgan fingerprint density at radius 2 is 1.65 bits per heavy atom. The summed E-state index contributed by atoms with van der Waals surface area (Å²) in [7, 11) is 1.58. The zero-order valence-electron chi connectivity index (χ0n) is 13.7. The number of allylic oxidation sites excluding steroid dienone is 3. The van der Waals surface area contributed by atoms with E-state index in [0.29, 0.717) is 17.1 Å². The van der Waals surface area contributed by atoms with Crippen LogP contribution in [0.4, 0.5) is 0 Å². The first kappa shape index (κ1) is 16.5. The van der Waals surface area contributed by atoms with E-state index in [4.69, 9.17) is 15.2 Å². The van der Waals surface area contributed by atoms with E-state index >= 15 is 0 Å². The number of benzene rings is 1. The first-order valence-corrected chi connectivity index (χ1v) is 7.19. The second-order valence-electron chi connectivity index (χ2n) is 6.30. The molecule has 1 atom stereocenters. The molecule has 0 aliphatic carbocycles. The van der Waals surface area contributed by atoms with Gasteiger partial charge in [0.15, 0.2) is 0 Å². The second kappa shape index (κ2) is 6.06. The van der Waals surface area contributed by atoms with Crippen molar-refractivity contribution < 1.29 is 9.47 Å². The van der Waals surface area contributed by atoms with Crippen LogP contribution in [0, 0.1) is 28.1 Å². The lowest BCUT2D eigenvalue weighted by atomic mass is 9.79. The highest BCUT2D eigenvalue weighted by atomic mass is 16.5. The Hall–Kier alpha value is -2.92. The van der Waals surface area contributed by atoms with E-state index in [9.17, 15) is 10.5 Å². The molecule has 5 nitrogen and oxygen atoms in total. The van der Waals surface area contributed by atoms with Crippen molar-refractivity contribution >= 4 is 0 Å². The zero-order valence-corrected chi connectivity index (χ0v) is 13.7. The van der Waals surface area contributed by atoms with Gasteiger partial charge in [-0.05, 0) is 17.7 Å². The van der Waals surface area contributed by atoms with Crippen LogP contribution in [-0.4, -0.2) is 7.11 Å². The van der Waals surface area contributed by atoms with Gasteiger partial charge in [-0.1, -0.05) is 32.9 Å². The molecular weight excluding hydrogens is 290 g/mol. The van der Waals surface area contributed by atoms with Gasteiger partial charge >= 0.3 is 0 Å². The minimum atomic E-state index is -0.529. The summed E-state index contributed by atoms with van der Waals surface area (Å²) in [4.78, 5) is 0. The number of nitrogens with zero attached hydrogens (tertiary/aromatic N) is 2. The van der Waals surface area contributed by atoms with Crippen LogP contribution in [0.2, 0.25) is 0 Å². The SMILES string of the molecule is COc1ccc([C@@H]2C(C#N)=C(N)OC(C(C)(C)C)=C2C#N)cc1. The van der Waals surface area contributed by atoms with Gasteiger partial charge in [0.2, 0.25) is 5.88 Å². The van der Waals surface area contributed by atoms with E-state index < -0.39 is 11.3 Å². The summed E-state index contributed by atoms with van der Waals surface area (Å²) >= 11 is 0. The Balaban J connectivity index is 2.66. The minimum Gasteiger partial charge on any atom is -0.497 e. The third kappa shape index (κ3) is 3.00. The first-order valence-electron chi connectivity index (χ1n) is 7.19. The molecule has 0 bridgehead atoms. The van der Waals surface area contributed by atoms with Crippen LogP contribution in [0.15, 0.2) is 47.1 Å². The fraction of sp³-hybridized carbons (Fsp3) is 0.333. The monoisotopic (exact) mass is 309 g/mol. The maximum absolute atomic E-state index is 9.67. The molecular formula is C18H19N3O2. The smallest absolute Gasteiger partial charge is 0.205 e. The van der Waals surface area contributed by atoms with Gasteiger partial charge in [-0.15, -0.1) is 0 Å². The quantitative estimate of drug-likeness (QED) is 0.904. The normalized spacial score (nSPS) is 18.1. The molecule has 5 heteroatoms. The zero-order chi connectivity index (χ0) is 17.2. The van der Waals surface area contributed by atoms with Gasteiger partial charge in [0.25, 0.3) is 0 Å². The van der Waals surface area contributed by atoms with Crippen molar-refractivity contribution in [1.29, 1.82) is 10.5 Å². The standard InChI is InChI=1S/C18H19N3O2/c1-18(2,3)16-13(9-19)15(14(10-20)17(21)23-16)11-5-7-12(22-4)8-6-11/h5-8,15H,21H2,1-4H3/t15-/m0/s1. The third-order valence-corrected chi connectivity index (χ3v) is 3.67. The van der Waals surface area contributed by atoms with Gasteiger partial charge in [0.1, 0.15) is 23.2 Å². The van der Waals surface area contributed by atoms with Gasteiger partial charge in [-0.3, -0.25) is 0 Å². The van der Waals surface area contributed by atoms with Crippen molar-refractivity contribution in [3.8, 4) is 17.9 Å². The number of nitrogens with two attached hydrogens (primary N) is 1. The second-order valence-corrected chi connectivity index (χ2v) is 6.30. The molecule has 1 aromatic rings. The number of methoxy groups -OCH3 is 1. The van der Waals surface area contributed by atoms with E-state index in [1.807, 2.05) is 32.9 Å². The summed E-state index contributed by atoms with van der Waals surface area (Å²) in [5.41, 5.74) is 7.00. The molecule has 0 radical (unpaired) electrons. The van der Waals surface area contributed by atoms with Crippen LogP contribution in [0.5, 0.6) is 5.75 Å². The maximum Gasteiger partial charge on any atom is 0.205 e. The molecule has 1 aromatic carbocycles. The van der Waals surface area contributed by atoms with E-state index in [1.165, 1.54) is 0 Å². The van der Waals surface area contributed by atoms with E-state index in [1.54, 1.807) is 19.2 Å². The summed E-state index contributed by atoms with van der Waals surface area (Å²) in [6.07, 6.45) is 0. The predicted octanol–water partition coefficient (Wildman–Crippen LogP) is 3.33. The number of ether oxygens (including phenoxy) is 2. The predicted molar refractivity (Wildman–Crippen MR) is 85.7 cm³/mol. The Bertz CT molecular complexity index is 753. The molecule has 118 valence electrons. The summed E-state index contributed by atoms with van der Waals surface area (Å²) in [5.74, 6) is 0.725. The molecule has 2 rings (SSSR count). The lowest BCUT2D eigenvalue weighted by Gasteiger charge is -2.32. The van der Waals surface area contributed by atoms with Gasteiger partial charge < -0.3 is 15.2 Å². The van der Waals surface area contributed by atoms with Crippen LogP contribution >= 0.6 is 0 Å². The van der Waals surface area contributed by atoms with Crippen LogP contribution < -0.4 is 10.5 Å². The van der Waals surface area contributed by atoms with Gasteiger partial charge in [-0.25, -0.2) is 0 Å². The number of hydrogen-bond donors (Lipinski definition) is 1. The van der Waals surface area contributed by atoms with Crippen LogP contribution in [0.1, 0.15) is 32.3 Å². The highest BCUT2D eigenvalue weighted by molar-refractivity contribution is 5.54. The van der Waals surface area contributed by atoms with Crippen LogP contribution in [-0.2, 0) is 4.74 Å². The fourth-order valence-corrected chi connectivity index (χ4v) is 2.56. The average molecular weight is 309 g/mol. The molecule has 0 amide bonds. The van der Waals surface area contributed by atoms with E-state index in [0.717, 1.165) is 5.56 Å². The van der Waals surface area contributed by atoms with Crippen molar-refractivity contribution in [3.63, 3.8) is 0 Å². The van der Waals surface area contributed by atoms with E-state index in [2.05, 4.69) is 12.1 Å². The maximum atomic E-state index is 9.67. The highest BCUT2D eigenvalue weighted by Crippen LogP contribution is 2.44. The lowest BCUT2D eigenvalue weighted by Crippen LogP contribution is -2.26. The Morgan fingerprint density at radius 3 is 2.09 bits per heavy atom. The minimum absolute atomic E-state index is 0.0530. The summed E-state index contributed by atoms with van der Waals surface area (Å²) < 4.78 is 10.8. The largest absolute Gasteiger partial charge is 0.497 e. The molecule has 1 aliphatic rings. The molecule has 0 saturated carbocycles. The summed E-state index contributed by atoms with van der Waals surface area (Å²) in [6, 6.07) is 11.5. The van der Waals surface area contributed by atoms with Crippen LogP contribution in [0.3, 0.4) is 0 Å². The molecule has 1 heterocycles. The first-order chi connectivity index (χ1) is 10.8. The molecule has 1 aliphatic heterocycles. The molecule has 0 aromatic heterocycles. The molecule has 23 heavy (non-hydrogen) atoms. The molecule has 0 unspecified atom stereocenters. The summed E-state index contributed by atoms with van der Waals surface area (Å²) in [6.45, 7) is 5.82. The van der Waals surface area contributed by atoms with Crippen molar-refractivity contribution in [2.24, 2.45) is 11.1 Å². The third-order valence-electron chi connectivity index (χ3n) is 3.67. The Labute approximate surface area is 136 Å². The molecule has 0 spiro atoms. The molecule has 0 saturated heterocycles. The van der Waals surface area contributed by atoms with Gasteiger partial charge in [0.05, 0.1) is 24.7 Å². The van der Waals surface area contributed by atoms with E-state index in [-0.39, 0.29) is 11.5 Å². The summed E-state index contributed by atoms with van der Waals surface area (Å²) in [5, 5.41) is 19.1. The average Bonchev–Trinajstić information content (AvgIpc) is 2.53. The van der Waals surface area contributed by atoms with Crippen molar-refractivity contribution in [1.82, 2.24) is 0 Å². The van der Waals surface area contributed by atoms with Crippen molar-refractivity contribution in [2.45, 2.75) is 26.7 Å². The lowest BCUT2D eigenvalue weighted by molar-refractivity contribution is 0.199. The molecule has 0 fully saturated rings. The highest BCUT2D eigenvalue weighted by Gasteiger charge is 2.37. The van der Waals surface area contributed by atoms with Gasteiger partial charge in [0, 0.05) is 5.41 Å². The Morgan fingerprint density at radius 1 is 1.09 bits per heavy atom.